The Labute approximate surface area is 85.0 Å². The molecule has 0 spiro atoms. The summed E-state index contributed by atoms with van der Waals surface area (Å²) in [6, 6.07) is 0.184. The van der Waals surface area contributed by atoms with Crippen molar-refractivity contribution in [3.05, 3.63) is 0 Å². The van der Waals surface area contributed by atoms with Crippen LogP contribution >= 0.6 is 0 Å². The third-order valence-electron chi connectivity index (χ3n) is 2.26. The van der Waals surface area contributed by atoms with Crippen molar-refractivity contribution in [1.82, 2.24) is 5.32 Å². The molecule has 0 aromatic carbocycles. The van der Waals surface area contributed by atoms with Crippen molar-refractivity contribution in [2.75, 3.05) is 13.7 Å². The van der Waals surface area contributed by atoms with E-state index in [1.165, 1.54) is 0 Å². The summed E-state index contributed by atoms with van der Waals surface area (Å²) in [4.78, 5) is 0. The van der Waals surface area contributed by atoms with Crippen molar-refractivity contribution in [3.8, 4) is 0 Å². The van der Waals surface area contributed by atoms with Gasteiger partial charge in [0.1, 0.15) is 6.61 Å². The molecule has 0 aliphatic rings. The van der Waals surface area contributed by atoms with Crippen LogP contribution in [0.5, 0.6) is 0 Å². The maximum absolute atomic E-state index is 11.9. The minimum absolute atomic E-state index is 0.103. The Morgan fingerprint density at radius 3 is 2.29 bits per heavy atom. The average molecular weight is 209 g/mol. The number of halogens is 2. The molecule has 0 aromatic heterocycles. The highest BCUT2D eigenvalue weighted by Crippen LogP contribution is 2.11. The summed E-state index contributed by atoms with van der Waals surface area (Å²) >= 11 is 0. The minimum Gasteiger partial charge on any atom is -0.371 e. The van der Waals surface area contributed by atoms with Gasteiger partial charge in [-0.15, -0.1) is 0 Å². The van der Waals surface area contributed by atoms with Crippen molar-refractivity contribution in [2.24, 2.45) is 0 Å². The highest BCUT2D eigenvalue weighted by atomic mass is 19.3. The summed E-state index contributed by atoms with van der Waals surface area (Å²) in [5, 5.41) is 3.11. The topological polar surface area (TPSA) is 21.3 Å². The minimum atomic E-state index is -2.37. The first kappa shape index (κ1) is 13.8. The summed E-state index contributed by atoms with van der Waals surface area (Å²) in [5.41, 5.74) is 0. The van der Waals surface area contributed by atoms with Crippen LogP contribution in [0.1, 0.15) is 33.1 Å². The second kappa shape index (κ2) is 8.12. The Kier molecular flexibility index (Phi) is 7.99. The van der Waals surface area contributed by atoms with E-state index in [-0.39, 0.29) is 12.1 Å². The van der Waals surface area contributed by atoms with Gasteiger partial charge in [-0.2, -0.15) is 0 Å². The van der Waals surface area contributed by atoms with E-state index < -0.39 is 13.0 Å². The van der Waals surface area contributed by atoms with Crippen molar-refractivity contribution in [2.45, 2.75) is 51.7 Å². The summed E-state index contributed by atoms with van der Waals surface area (Å²) < 4.78 is 29.0. The van der Waals surface area contributed by atoms with Crippen molar-refractivity contribution >= 4 is 0 Å². The second-order valence-electron chi connectivity index (χ2n) is 3.35. The van der Waals surface area contributed by atoms with Crippen LogP contribution in [0.25, 0.3) is 0 Å². The lowest BCUT2D eigenvalue weighted by atomic mass is 10.0. The maximum atomic E-state index is 11.9. The van der Waals surface area contributed by atoms with E-state index in [9.17, 15) is 8.78 Å². The van der Waals surface area contributed by atoms with Gasteiger partial charge in [-0.1, -0.05) is 20.3 Å². The molecule has 0 rings (SSSR count). The molecule has 1 N–H and O–H groups in total. The molecule has 0 fully saturated rings. The number of ether oxygens (including phenoxy) is 1. The molecule has 0 aliphatic carbocycles. The number of nitrogens with one attached hydrogen (secondary N) is 1. The lowest BCUT2D eigenvalue weighted by molar-refractivity contribution is -0.0394. The molecule has 0 aromatic rings. The fourth-order valence-corrected chi connectivity index (χ4v) is 1.54. The number of hydrogen-bond acceptors (Lipinski definition) is 2. The van der Waals surface area contributed by atoms with Gasteiger partial charge in [0, 0.05) is 6.04 Å². The van der Waals surface area contributed by atoms with Crippen LogP contribution in [0.3, 0.4) is 0 Å². The van der Waals surface area contributed by atoms with Crippen molar-refractivity contribution in [3.63, 3.8) is 0 Å². The van der Waals surface area contributed by atoms with Gasteiger partial charge in [0.25, 0.3) is 6.43 Å². The number of hydrogen-bond donors (Lipinski definition) is 1. The maximum Gasteiger partial charge on any atom is 0.261 e. The van der Waals surface area contributed by atoms with Crippen LogP contribution in [0, 0.1) is 0 Å². The predicted molar refractivity (Wildman–Crippen MR) is 53.8 cm³/mol. The number of alkyl halides is 2. The van der Waals surface area contributed by atoms with Gasteiger partial charge in [0.2, 0.25) is 0 Å². The largest absolute Gasteiger partial charge is 0.371 e. The molecule has 4 heteroatoms. The molecule has 0 saturated carbocycles. The first-order valence-electron chi connectivity index (χ1n) is 5.22. The molecule has 0 heterocycles. The molecule has 86 valence electrons. The fourth-order valence-electron chi connectivity index (χ4n) is 1.54. The quantitative estimate of drug-likeness (QED) is 0.663. The zero-order valence-electron chi connectivity index (χ0n) is 9.22. The molecule has 0 aliphatic heterocycles. The van der Waals surface area contributed by atoms with Crippen LogP contribution in [0.15, 0.2) is 0 Å². The molecule has 2 atom stereocenters. The van der Waals surface area contributed by atoms with Gasteiger partial charge in [0.05, 0.1) is 6.10 Å². The monoisotopic (exact) mass is 209 g/mol. The Bertz CT molecular complexity index is 133. The van der Waals surface area contributed by atoms with Gasteiger partial charge >= 0.3 is 0 Å². The molecular weight excluding hydrogens is 188 g/mol. The third-order valence-corrected chi connectivity index (χ3v) is 2.26. The lowest BCUT2D eigenvalue weighted by Crippen LogP contribution is -2.39. The fraction of sp³-hybridized carbons (Fsp3) is 1.00. The van der Waals surface area contributed by atoms with E-state index in [1.807, 2.05) is 14.0 Å². The number of likely N-dealkylation sites (N-methyl/N-ethyl adjacent to an activating group) is 1. The highest BCUT2D eigenvalue weighted by molar-refractivity contribution is 4.74. The smallest absolute Gasteiger partial charge is 0.261 e. The zero-order chi connectivity index (χ0) is 11.0. The van der Waals surface area contributed by atoms with E-state index in [0.29, 0.717) is 0 Å². The second-order valence-corrected chi connectivity index (χ2v) is 3.35. The summed E-state index contributed by atoms with van der Waals surface area (Å²) in [7, 11) is 1.84. The molecule has 0 amide bonds. The van der Waals surface area contributed by atoms with E-state index >= 15 is 0 Å². The summed E-state index contributed by atoms with van der Waals surface area (Å²) in [5.74, 6) is 0. The van der Waals surface area contributed by atoms with E-state index in [2.05, 4.69) is 12.2 Å². The Morgan fingerprint density at radius 2 is 1.93 bits per heavy atom. The van der Waals surface area contributed by atoms with E-state index in [1.54, 1.807) is 0 Å². The molecule has 2 nitrogen and oxygen atoms in total. The van der Waals surface area contributed by atoms with Gasteiger partial charge < -0.3 is 10.1 Å². The Hall–Kier alpha value is -0.220. The van der Waals surface area contributed by atoms with Crippen LogP contribution in [0.2, 0.25) is 0 Å². The lowest BCUT2D eigenvalue weighted by Gasteiger charge is -2.25. The number of rotatable bonds is 8. The van der Waals surface area contributed by atoms with Crippen LogP contribution in [-0.2, 0) is 4.74 Å². The van der Waals surface area contributed by atoms with E-state index in [4.69, 9.17) is 4.74 Å². The standard InChI is InChI=1S/C10H21F2NO/c1-4-6-8(13-3)9(5-2)14-7-10(11)12/h8-10,13H,4-7H2,1-3H3. The Morgan fingerprint density at radius 1 is 1.29 bits per heavy atom. The van der Waals surface area contributed by atoms with Crippen molar-refractivity contribution in [1.29, 1.82) is 0 Å². The molecular formula is C10H21F2NO. The third kappa shape index (κ3) is 5.50. The summed E-state index contributed by atoms with van der Waals surface area (Å²) in [6.45, 7) is 3.57. The Balaban J connectivity index is 3.94. The van der Waals surface area contributed by atoms with Gasteiger partial charge in [0.15, 0.2) is 0 Å². The molecule has 0 bridgehead atoms. The normalized spacial score (nSPS) is 15.9. The highest BCUT2D eigenvalue weighted by Gasteiger charge is 2.19. The first-order valence-corrected chi connectivity index (χ1v) is 5.22. The van der Waals surface area contributed by atoms with Gasteiger partial charge in [-0.05, 0) is 19.9 Å². The van der Waals surface area contributed by atoms with E-state index in [0.717, 1.165) is 19.3 Å². The molecule has 0 radical (unpaired) electrons. The SMILES string of the molecule is CCCC(NC)C(CC)OCC(F)F. The van der Waals surface area contributed by atoms with Gasteiger partial charge in [-0.25, -0.2) is 8.78 Å². The molecule has 2 unspecified atom stereocenters. The van der Waals surface area contributed by atoms with Crippen LogP contribution in [-0.4, -0.2) is 32.2 Å². The van der Waals surface area contributed by atoms with Gasteiger partial charge in [-0.3, -0.25) is 0 Å². The average Bonchev–Trinajstić information content (AvgIpc) is 2.16. The van der Waals surface area contributed by atoms with Crippen molar-refractivity contribution < 1.29 is 13.5 Å². The van der Waals surface area contributed by atoms with Crippen LogP contribution in [0.4, 0.5) is 8.78 Å². The van der Waals surface area contributed by atoms with Crippen LogP contribution < -0.4 is 5.32 Å². The molecule has 0 saturated heterocycles. The summed E-state index contributed by atoms with van der Waals surface area (Å²) in [6.07, 6.45) is 0.272. The molecule has 14 heavy (non-hydrogen) atoms. The zero-order valence-corrected chi connectivity index (χ0v) is 9.22. The predicted octanol–water partition coefficient (Wildman–Crippen LogP) is 2.43. The first-order chi connectivity index (χ1) is 6.65.